The van der Waals surface area contributed by atoms with Crippen molar-refractivity contribution in [3.63, 3.8) is 0 Å². The van der Waals surface area contributed by atoms with Gasteiger partial charge in [-0.15, -0.1) is 0 Å². The van der Waals surface area contributed by atoms with Crippen LogP contribution in [0.4, 0.5) is 0 Å². The molecule has 3 aromatic rings. The Balaban J connectivity index is 1.90. The van der Waals surface area contributed by atoms with E-state index in [1.807, 2.05) is 0 Å². The van der Waals surface area contributed by atoms with Crippen LogP contribution in [0.15, 0.2) is 63.1 Å². The van der Waals surface area contributed by atoms with E-state index < -0.39 is 23.1 Å². The molecule has 0 aliphatic rings. The molecule has 9 nitrogen and oxygen atoms in total. The first-order valence-corrected chi connectivity index (χ1v) is 8.43. The number of carbonyl (C=O) groups excluding carboxylic acids is 1. The topological polar surface area (TPSA) is 137 Å². The summed E-state index contributed by atoms with van der Waals surface area (Å²) in [4.78, 5) is 41.3. The summed E-state index contributed by atoms with van der Waals surface area (Å²) in [5.74, 6) is -1.27. The number of aromatic nitrogens is 2. The Morgan fingerprint density at radius 1 is 1.17 bits per heavy atom. The van der Waals surface area contributed by atoms with E-state index in [4.69, 9.17) is 4.74 Å². The third-order valence-corrected chi connectivity index (χ3v) is 4.14. The standard InChI is InChI=1S/C20H17N3O6/c1-29-15-8-6-14(7-9-15)23-18(25)16(17(24)22-20(23)28)11-21-10-12-2-4-13(5-3-12)19(26)27/h2-9,11,25H,10H2,1H3,(H,26,27)(H,22,24,28)/p-1. The lowest BCUT2D eigenvalue weighted by Gasteiger charge is -2.10. The number of hydrogen-bond acceptors (Lipinski definition) is 7. The maximum absolute atomic E-state index is 12.2. The first-order chi connectivity index (χ1) is 13.9. The Kier molecular flexibility index (Phi) is 5.59. The highest BCUT2D eigenvalue weighted by atomic mass is 16.5. The number of rotatable bonds is 6. The second kappa shape index (κ2) is 8.26. The van der Waals surface area contributed by atoms with Crippen molar-refractivity contribution < 1.29 is 19.7 Å². The predicted octanol–water partition coefficient (Wildman–Crippen LogP) is 0.223. The number of methoxy groups -OCH3 is 1. The number of carboxylic acids is 1. The zero-order valence-corrected chi connectivity index (χ0v) is 15.3. The molecule has 0 unspecified atom stereocenters. The van der Waals surface area contributed by atoms with Gasteiger partial charge in [0.1, 0.15) is 11.3 Å². The van der Waals surface area contributed by atoms with Crippen LogP contribution in [0.2, 0.25) is 0 Å². The number of aromatic carboxylic acids is 1. The van der Waals surface area contributed by atoms with E-state index in [1.54, 1.807) is 36.4 Å². The molecule has 2 N–H and O–H groups in total. The van der Waals surface area contributed by atoms with E-state index in [0.717, 1.165) is 10.8 Å². The molecule has 0 saturated heterocycles. The van der Waals surface area contributed by atoms with Gasteiger partial charge in [0.05, 0.1) is 25.3 Å². The molecule has 1 aromatic heterocycles. The molecule has 0 spiro atoms. The van der Waals surface area contributed by atoms with Crippen LogP contribution in [0.5, 0.6) is 11.6 Å². The van der Waals surface area contributed by atoms with Gasteiger partial charge in [-0.2, -0.15) is 0 Å². The van der Waals surface area contributed by atoms with E-state index >= 15 is 0 Å². The minimum Gasteiger partial charge on any atom is -0.545 e. The summed E-state index contributed by atoms with van der Waals surface area (Å²) in [6, 6.07) is 12.2. The van der Waals surface area contributed by atoms with Crippen LogP contribution < -0.4 is 21.1 Å². The first-order valence-electron chi connectivity index (χ1n) is 8.43. The minimum absolute atomic E-state index is 0.0402. The molecule has 0 amide bonds. The van der Waals surface area contributed by atoms with Crippen molar-refractivity contribution in [3.8, 4) is 17.3 Å². The van der Waals surface area contributed by atoms with E-state index in [1.165, 1.54) is 19.2 Å². The molecule has 2 aromatic carbocycles. The highest BCUT2D eigenvalue weighted by Gasteiger charge is 2.14. The number of benzene rings is 2. The SMILES string of the molecule is COc1ccc(-n2c(O)c(C=NCc3ccc(C(=O)[O-])cc3)c(=O)[nH]c2=O)cc1. The van der Waals surface area contributed by atoms with Gasteiger partial charge in [0, 0.05) is 6.21 Å². The zero-order valence-electron chi connectivity index (χ0n) is 15.3. The lowest BCUT2D eigenvalue weighted by Crippen LogP contribution is -2.31. The van der Waals surface area contributed by atoms with Crippen molar-refractivity contribution >= 4 is 12.2 Å². The van der Waals surface area contributed by atoms with Crippen molar-refractivity contribution in [1.29, 1.82) is 0 Å². The lowest BCUT2D eigenvalue weighted by atomic mass is 10.1. The molecule has 1 heterocycles. The monoisotopic (exact) mass is 394 g/mol. The Morgan fingerprint density at radius 2 is 1.83 bits per heavy atom. The van der Waals surface area contributed by atoms with Gasteiger partial charge in [-0.3, -0.25) is 14.8 Å². The Bertz CT molecular complexity index is 1170. The van der Waals surface area contributed by atoms with Crippen LogP contribution in [0, 0.1) is 0 Å². The maximum atomic E-state index is 12.2. The number of aromatic hydroxyl groups is 1. The van der Waals surface area contributed by atoms with Gasteiger partial charge in [-0.25, -0.2) is 9.36 Å². The summed E-state index contributed by atoms with van der Waals surface area (Å²) in [6.07, 6.45) is 1.15. The van der Waals surface area contributed by atoms with Gasteiger partial charge in [0.25, 0.3) is 5.56 Å². The molecule has 0 aliphatic carbocycles. The van der Waals surface area contributed by atoms with Crippen LogP contribution in [-0.4, -0.2) is 34.0 Å². The summed E-state index contributed by atoms with van der Waals surface area (Å²) < 4.78 is 6.00. The minimum atomic E-state index is -1.28. The highest BCUT2D eigenvalue weighted by Crippen LogP contribution is 2.18. The number of nitrogens with one attached hydrogen (secondary N) is 1. The zero-order chi connectivity index (χ0) is 21.0. The van der Waals surface area contributed by atoms with Crippen LogP contribution in [0.1, 0.15) is 21.5 Å². The highest BCUT2D eigenvalue weighted by molar-refractivity contribution is 5.85. The van der Waals surface area contributed by atoms with Crippen LogP contribution in [-0.2, 0) is 6.54 Å². The van der Waals surface area contributed by atoms with Gasteiger partial charge < -0.3 is 19.7 Å². The van der Waals surface area contributed by atoms with E-state index in [0.29, 0.717) is 17.0 Å². The van der Waals surface area contributed by atoms with Crippen molar-refractivity contribution in [2.24, 2.45) is 4.99 Å². The number of carbonyl (C=O) groups is 1. The number of nitrogens with zero attached hydrogens (tertiary/aromatic N) is 2. The molecule has 148 valence electrons. The fourth-order valence-corrected chi connectivity index (χ4v) is 2.61. The normalized spacial score (nSPS) is 10.9. The Hall–Kier alpha value is -4.14. The van der Waals surface area contributed by atoms with E-state index in [2.05, 4.69) is 9.98 Å². The van der Waals surface area contributed by atoms with Crippen molar-refractivity contribution in [3.05, 3.63) is 86.1 Å². The van der Waals surface area contributed by atoms with Crippen molar-refractivity contribution in [2.75, 3.05) is 7.11 Å². The number of ether oxygens (including phenoxy) is 1. The Labute approximate surface area is 164 Å². The van der Waals surface area contributed by atoms with Crippen LogP contribution >= 0.6 is 0 Å². The second-order valence-corrected chi connectivity index (χ2v) is 5.98. The molecule has 0 atom stereocenters. The fraction of sp³-hybridized carbons (Fsp3) is 0.100. The third-order valence-electron chi connectivity index (χ3n) is 4.14. The first kappa shape index (κ1) is 19.6. The largest absolute Gasteiger partial charge is 0.545 e. The number of carboxylic acid groups (broad SMARTS) is 1. The van der Waals surface area contributed by atoms with Gasteiger partial charge >= 0.3 is 5.69 Å². The average Bonchev–Trinajstić information content (AvgIpc) is 2.71. The molecule has 0 aliphatic heterocycles. The molecular formula is C20H16N3O6-. The number of H-pyrrole nitrogens is 1. The molecule has 3 rings (SSSR count). The van der Waals surface area contributed by atoms with Crippen LogP contribution in [0.25, 0.3) is 5.69 Å². The van der Waals surface area contributed by atoms with E-state index in [-0.39, 0.29) is 17.7 Å². The number of aliphatic imine (C=N–C) groups is 1. The summed E-state index contributed by atoms with van der Waals surface area (Å²) in [7, 11) is 1.50. The van der Waals surface area contributed by atoms with Gasteiger partial charge in [-0.1, -0.05) is 24.3 Å². The molecule has 0 saturated carbocycles. The second-order valence-electron chi connectivity index (χ2n) is 5.98. The smallest absolute Gasteiger partial charge is 0.335 e. The summed E-state index contributed by atoms with van der Waals surface area (Å²) >= 11 is 0. The quantitative estimate of drug-likeness (QED) is 0.574. The fourth-order valence-electron chi connectivity index (χ4n) is 2.61. The average molecular weight is 394 g/mol. The third kappa shape index (κ3) is 4.24. The van der Waals surface area contributed by atoms with Gasteiger partial charge in [0.15, 0.2) is 0 Å². The van der Waals surface area contributed by atoms with Crippen molar-refractivity contribution in [1.82, 2.24) is 9.55 Å². The molecule has 9 heteroatoms. The van der Waals surface area contributed by atoms with Gasteiger partial charge in [-0.05, 0) is 35.4 Å². The van der Waals surface area contributed by atoms with Crippen molar-refractivity contribution in [2.45, 2.75) is 6.54 Å². The predicted molar refractivity (Wildman–Crippen MR) is 103 cm³/mol. The molecular weight excluding hydrogens is 378 g/mol. The molecule has 0 fully saturated rings. The summed E-state index contributed by atoms with van der Waals surface area (Å²) in [6.45, 7) is 0.133. The lowest BCUT2D eigenvalue weighted by molar-refractivity contribution is -0.255. The molecule has 29 heavy (non-hydrogen) atoms. The Morgan fingerprint density at radius 3 is 2.41 bits per heavy atom. The van der Waals surface area contributed by atoms with Crippen LogP contribution in [0.3, 0.4) is 0 Å². The number of aromatic amines is 1. The molecule has 0 radical (unpaired) electrons. The molecule has 0 bridgehead atoms. The summed E-state index contributed by atoms with van der Waals surface area (Å²) in [5.41, 5.74) is -0.714. The maximum Gasteiger partial charge on any atom is 0.335 e. The summed E-state index contributed by atoms with van der Waals surface area (Å²) in [5, 5.41) is 21.2. The van der Waals surface area contributed by atoms with Gasteiger partial charge in [0.2, 0.25) is 5.88 Å². The number of hydrogen-bond donors (Lipinski definition) is 2. The van der Waals surface area contributed by atoms with E-state index in [9.17, 15) is 24.6 Å².